The molecule has 2 unspecified atom stereocenters. The van der Waals surface area contributed by atoms with Crippen LogP contribution in [0.3, 0.4) is 0 Å². The number of rotatable bonds is 6. The summed E-state index contributed by atoms with van der Waals surface area (Å²) < 4.78 is 0. The zero-order valence-electron chi connectivity index (χ0n) is 12.4. The maximum absolute atomic E-state index is 9.30. The lowest BCUT2D eigenvalue weighted by atomic mass is 9.99. The number of hydrogen-bond donors (Lipinski definition) is 1. The predicted molar refractivity (Wildman–Crippen MR) is 75.5 cm³/mol. The van der Waals surface area contributed by atoms with Crippen LogP contribution in [0.15, 0.2) is 0 Å². The lowest BCUT2D eigenvalue weighted by Gasteiger charge is -2.38. The Bertz CT molecular complexity index is 286. The molecule has 104 valence electrons. The van der Waals surface area contributed by atoms with Crippen LogP contribution >= 0.6 is 0 Å². The Hall–Kier alpha value is -0.630. The van der Waals surface area contributed by atoms with E-state index < -0.39 is 0 Å². The lowest BCUT2D eigenvalue weighted by Crippen LogP contribution is -2.52. The third-order valence-corrected chi connectivity index (χ3v) is 3.98. The second kappa shape index (κ2) is 7.08. The van der Waals surface area contributed by atoms with E-state index in [0.717, 1.165) is 45.6 Å². The third kappa shape index (κ3) is 4.56. The van der Waals surface area contributed by atoms with E-state index in [1.807, 2.05) is 6.92 Å². The Kier molecular flexibility index (Phi) is 6.07. The Morgan fingerprint density at radius 1 is 1.44 bits per heavy atom. The van der Waals surface area contributed by atoms with Gasteiger partial charge in [0.1, 0.15) is 5.54 Å². The second-order valence-electron chi connectivity index (χ2n) is 5.75. The summed E-state index contributed by atoms with van der Waals surface area (Å²) in [6.07, 6.45) is 1.97. The van der Waals surface area contributed by atoms with Gasteiger partial charge in [-0.15, -0.1) is 0 Å². The van der Waals surface area contributed by atoms with Crippen LogP contribution in [0.25, 0.3) is 0 Å². The molecule has 4 nitrogen and oxygen atoms in total. The molecule has 0 aromatic rings. The quantitative estimate of drug-likeness (QED) is 0.773. The first kappa shape index (κ1) is 15.4. The van der Waals surface area contributed by atoms with Gasteiger partial charge in [0.15, 0.2) is 0 Å². The summed E-state index contributed by atoms with van der Waals surface area (Å²) in [4.78, 5) is 4.88. The minimum atomic E-state index is -0.372. The largest absolute Gasteiger partial charge is 0.301 e. The smallest absolute Gasteiger partial charge is 0.105 e. The molecule has 4 heteroatoms. The first-order valence-corrected chi connectivity index (χ1v) is 7.09. The van der Waals surface area contributed by atoms with Crippen LogP contribution in [0.5, 0.6) is 0 Å². The first-order chi connectivity index (χ1) is 8.50. The van der Waals surface area contributed by atoms with Gasteiger partial charge in [-0.25, -0.2) is 0 Å². The van der Waals surface area contributed by atoms with Crippen LogP contribution < -0.4 is 5.32 Å². The Labute approximate surface area is 112 Å². The van der Waals surface area contributed by atoms with Crippen LogP contribution in [0, 0.1) is 11.3 Å². The van der Waals surface area contributed by atoms with Gasteiger partial charge in [0, 0.05) is 32.2 Å². The molecule has 0 bridgehead atoms. The van der Waals surface area contributed by atoms with Gasteiger partial charge in [0.2, 0.25) is 0 Å². The van der Waals surface area contributed by atoms with Crippen LogP contribution in [0.2, 0.25) is 0 Å². The SMILES string of the molecule is CCCNC(C)(C#N)CCN1CCN(C)C(C)C1. The predicted octanol–water partition coefficient (Wildman–Crippen LogP) is 1.29. The molecule has 1 aliphatic rings. The standard InChI is InChI=1S/C14H28N4/c1-5-7-16-14(3,12-15)6-8-18-10-9-17(4)13(2)11-18/h13,16H,5-11H2,1-4H3. The van der Waals surface area contributed by atoms with Crippen molar-refractivity contribution in [2.45, 2.75) is 45.2 Å². The van der Waals surface area contributed by atoms with Crippen LogP contribution in [-0.2, 0) is 0 Å². The molecule has 18 heavy (non-hydrogen) atoms. The third-order valence-electron chi connectivity index (χ3n) is 3.98. The molecule has 0 saturated carbocycles. The lowest BCUT2D eigenvalue weighted by molar-refractivity contribution is 0.0996. The van der Waals surface area contributed by atoms with E-state index in [9.17, 15) is 5.26 Å². The summed E-state index contributed by atoms with van der Waals surface area (Å²) in [6.45, 7) is 11.7. The Morgan fingerprint density at radius 2 is 2.17 bits per heavy atom. The maximum atomic E-state index is 9.30. The van der Waals surface area contributed by atoms with E-state index in [4.69, 9.17) is 0 Å². The molecule has 1 aliphatic heterocycles. The van der Waals surface area contributed by atoms with Gasteiger partial charge in [0.25, 0.3) is 0 Å². The van der Waals surface area contributed by atoms with Crippen LogP contribution in [0.1, 0.15) is 33.6 Å². The number of hydrogen-bond acceptors (Lipinski definition) is 4. The average molecular weight is 252 g/mol. The Morgan fingerprint density at radius 3 is 2.72 bits per heavy atom. The highest BCUT2D eigenvalue weighted by Gasteiger charge is 2.26. The zero-order chi connectivity index (χ0) is 13.6. The van der Waals surface area contributed by atoms with E-state index in [-0.39, 0.29) is 5.54 Å². The molecule has 1 fully saturated rings. The number of nitrogens with one attached hydrogen (secondary N) is 1. The van der Waals surface area contributed by atoms with Gasteiger partial charge >= 0.3 is 0 Å². The summed E-state index contributed by atoms with van der Waals surface area (Å²) in [5.41, 5.74) is -0.372. The van der Waals surface area contributed by atoms with Crippen molar-refractivity contribution >= 4 is 0 Å². The highest BCUT2D eigenvalue weighted by Crippen LogP contribution is 2.13. The summed E-state index contributed by atoms with van der Waals surface area (Å²) in [7, 11) is 2.18. The molecule has 0 aliphatic carbocycles. The summed E-state index contributed by atoms with van der Waals surface area (Å²) in [6, 6.07) is 3.05. The van der Waals surface area contributed by atoms with Gasteiger partial charge in [-0.2, -0.15) is 5.26 Å². The minimum absolute atomic E-state index is 0.372. The van der Waals surface area contributed by atoms with Gasteiger partial charge in [-0.1, -0.05) is 6.92 Å². The molecule has 1 N–H and O–H groups in total. The second-order valence-corrected chi connectivity index (χ2v) is 5.75. The normalized spacial score (nSPS) is 25.6. The molecule has 1 saturated heterocycles. The van der Waals surface area contributed by atoms with Crippen molar-refractivity contribution in [3.05, 3.63) is 0 Å². The minimum Gasteiger partial charge on any atom is -0.301 e. The number of nitriles is 1. The fourth-order valence-corrected chi connectivity index (χ4v) is 2.29. The average Bonchev–Trinajstić information content (AvgIpc) is 2.38. The van der Waals surface area contributed by atoms with Crippen molar-refractivity contribution in [2.24, 2.45) is 0 Å². The molecular weight excluding hydrogens is 224 g/mol. The highest BCUT2D eigenvalue weighted by molar-refractivity contribution is 5.04. The van der Waals surface area contributed by atoms with Crippen molar-refractivity contribution in [2.75, 3.05) is 39.8 Å². The molecule has 0 spiro atoms. The number of piperazine rings is 1. The fraction of sp³-hybridized carbons (Fsp3) is 0.929. The number of likely N-dealkylation sites (N-methyl/N-ethyl adjacent to an activating group) is 1. The fourth-order valence-electron chi connectivity index (χ4n) is 2.29. The van der Waals surface area contributed by atoms with E-state index in [0.29, 0.717) is 6.04 Å². The summed E-state index contributed by atoms with van der Waals surface area (Å²) >= 11 is 0. The molecule has 1 rings (SSSR count). The van der Waals surface area contributed by atoms with Gasteiger partial charge < -0.3 is 9.80 Å². The van der Waals surface area contributed by atoms with Crippen molar-refractivity contribution in [1.82, 2.24) is 15.1 Å². The molecule has 0 amide bonds. The summed E-state index contributed by atoms with van der Waals surface area (Å²) in [5.74, 6) is 0. The van der Waals surface area contributed by atoms with E-state index >= 15 is 0 Å². The molecule has 0 aromatic heterocycles. The molecule has 0 radical (unpaired) electrons. The van der Waals surface area contributed by atoms with Crippen molar-refractivity contribution < 1.29 is 0 Å². The maximum Gasteiger partial charge on any atom is 0.105 e. The first-order valence-electron chi connectivity index (χ1n) is 7.09. The Balaban J connectivity index is 2.37. The van der Waals surface area contributed by atoms with E-state index in [1.54, 1.807) is 0 Å². The molecule has 1 heterocycles. The van der Waals surface area contributed by atoms with Gasteiger partial charge in [-0.05, 0) is 40.3 Å². The van der Waals surface area contributed by atoms with Crippen LogP contribution in [-0.4, -0.2) is 61.2 Å². The topological polar surface area (TPSA) is 42.3 Å². The number of nitrogens with zero attached hydrogens (tertiary/aromatic N) is 3. The molecule has 0 aromatic carbocycles. The van der Waals surface area contributed by atoms with E-state index in [1.165, 1.54) is 0 Å². The van der Waals surface area contributed by atoms with Crippen molar-refractivity contribution in [3.8, 4) is 6.07 Å². The molecule has 2 atom stereocenters. The molecular formula is C14H28N4. The van der Waals surface area contributed by atoms with Crippen molar-refractivity contribution in [1.29, 1.82) is 5.26 Å². The van der Waals surface area contributed by atoms with Gasteiger partial charge in [-0.3, -0.25) is 5.32 Å². The van der Waals surface area contributed by atoms with E-state index in [2.05, 4.69) is 42.1 Å². The monoisotopic (exact) mass is 252 g/mol. The van der Waals surface area contributed by atoms with Crippen molar-refractivity contribution in [3.63, 3.8) is 0 Å². The zero-order valence-corrected chi connectivity index (χ0v) is 12.4. The van der Waals surface area contributed by atoms with Crippen LogP contribution in [0.4, 0.5) is 0 Å². The highest BCUT2D eigenvalue weighted by atomic mass is 15.3. The van der Waals surface area contributed by atoms with Gasteiger partial charge in [0.05, 0.1) is 6.07 Å². The summed E-state index contributed by atoms with van der Waals surface area (Å²) in [5, 5.41) is 12.7.